The van der Waals surface area contributed by atoms with Crippen LogP contribution in [0.1, 0.15) is 6.92 Å². The first-order valence-corrected chi connectivity index (χ1v) is 6.21. The number of methoxy groups -OCH3 is 1. The molecule has 1 aromatic rings. The Bertz CT molecular complexity index is 430. The van der Waals surface area contributed by atoms with Gasteiger partial charge in [0.15, 0.2) is 0 Å². The Hall–Kier alpha value is -0.980. The van der Waals surface area contributed by atoms with Crippen LogP contribution in [0.4, 0.5) is 4.39 Å². The van der Waals surface area contributed by atoms with Crippen LogP contribution in [0.5, 0.6) is 0 Å². The van der Waals surface area contributed by atoms with E-state index in [0.29, 0.717) is 0 Å². The first-order valence-electron chi connectivity index (χ1n) is 4.72. The number of halogens is 1. The second-order valence-electron chi connectivity index (χ2n) is 3.43. The molecular formula is C10H14FNO3S. The van der Waals surface area contributed by atoms with Crippen LogP contribution < -0.4 is 4.72 Å². The lowest BCUT2D eigenvalue weighted by Gasteiger charge is -2.12. The molecule has 1 aromatic carbocycles. The molecule has 0 saturated carbocycles. The average Bonchev–Trinajstić information content (AvgIpc) is 2.17. The second kappa shape index (κ2) is 5.38. The molecule has 0 aliphatic carbocycles. The van der Waals surface area contributed by atoms with Crippen LogP contribution in [0.15, 0.2) is 29.2 Å². The number of nitrogens with one attached hydrogen (secondary N) is 1. The van der Waals surface area contributed by atoms with Crippen LogP contribution in [0.25, 0.3) is 0 Å². The predicted octanol–water partition coefficient (Wildman–Crippen LogP) is 1.14. The van der Waals surface area contributed by atoms with Crippen molar-refractivity contribution in [3.8, 4) is 0 Å². The summed E-state index contributed by atoms with van der Waals surface area (Å²) < 4.78 is 43.3. The van der Waals surface area contributed by atoms with Crippen molar-refractivity contribution in [1.82, 2.24) is 4.72 Å². The van der Waals surface area contributed by atoms with Gasteiger partial charge in [-0.25, -0.2) is 17.5 Å². The molecule has 1 unspecified atom stereocenters. The smallest absolute Gasteiger partial charge is 0.240 e. The molecule has 6 heteroatoms. The van der Waals surface area contributed by atoms with Crippen molar-refractivity contribution in [2.45, 2.75) is 17.9 Å². The van der Waals surface area contributed by atoms with Gasteiger partial charge in [0.05, 0.1) is 11.5 Å². The van der Waals surface area contributed by atoms with Gasteiger partial charge in [0.2, 0.25) is 10.0 Å². The Balaban J connectivity index is 2.82. The van der Waals surface area contributed by atoms with Gasteiger partial charge >= 0.3 is 0 Å². The summed E-state index contributed by atoms with van der Waals surface area (Å²) in [5.74, 6) is -0.469. The van der Waals surface area contributed by atoms with E-state index in [9.17, 15) is 12.8 Å². The van der Waals surface area contributed by atoms with E-state index in [2.05, 4.69) is 4.72 Å². The fourth-order valence-corrected chi connectivity index (χ4v) is 2.46. The summed E-state index contributed by atoms with van der Waals surface area (Å²) in [7, 11) is -2.11. The summed E-state index contributed by atoms with van der Waals surface area (Å²) >= 11 is 0. The highest BCUT2D eigenvalue weighted by molar-refractivity contribution is 7.89. The maximum absolute atomic E-state index is 12.6. The Labute approximate surface area is 94.5 Å². The van der Waals surface area contributed by atoms with E-state index in [1.54, 1.807) is 6.92 Å². The molecule has 1 N–H and O–H groups in total. The molecule has 4 nitrogen and oxygen atoms in total. The molecule has 90 valence electrons. The molecule has 0 fully saturated rings. The third-order valence-electron chi connectivity index (χ3n) is 1.90. The minimum absolute atomic E-state index is 0.0388. The highest BCUT2D eigenvalue weighted by atomic mass is 32.2. The van der Waals surface area contributed by atoms with Crippen molar-refractivity contribution in [1.29, 1.82) is 0 Å². The summed E-state index contributed by atoms with van der Waals surface area (Å²) in [6, 6.07) is 4.32. The average molecular weight is 247 g/mol. The third-order valence-corrected chi connectivity index (χ3v) is 3.50. The maximum Gasteiger partial charge on any atom is 0.240 e. The molecule has 0 heterocycles. The Morgan fingerprint density at radius 1 is 1.38 bits per heavy atom. The van der Waals surface area contributed by atoms with Crippen LogP contribution in [-0.4, -0.2) is 28.2 Å². The van der Waals surface area contributed by atoms with Gasteiger partial charge in [0.1, 0.15) is 5.82 Å². The normalized spacial score (nSPS) is 13.7. The highest BCUT2D eigenvalue weighted by Gasteiger charge is 2.16. The Kier molecular flexibility index (Phi) is 4.40. The molecule has 0 amide bonds. The number of rotatable bonds is 5. The molecular weight excluding hydrogens is 233 g/mol. The van der Waals surface area contributed by atoms with Crippen LogP contribution in [0.3, 0.4) is 0 Å². The van der Waals surface area contributed by atoms with Crippen molar-refractivity contribution in [3.63, 3.8) is 0 Å². The van der Waals surface area contributed by atoms with E-state index in [0.717, 1.165) is 12.1 Å². The van der Waals surface area contributed by atoms with Gasteiger partial charge in [-0.3, -0.25) is 0 Å². The highest BCUT2D eigenvalue weighted by Crippen LogP contribution is 2.10. The predicted molar refractivity (Wildman–Crippen MR) is 58.1 cm³/mol. The summed E-state index contributed by atoms with van der Waals surface area (Å²) in [5, 5.41) is 0. The molecule has 1 rings (SSSR count). The fraction of sp³-hybridized carbons (Fsp3) is 0.400. The van der Waals surface area contributed by atoms with Crippen LogP contribution >= 0.6 is 0 Å². The summed E-state index contributed by atoms with van der Waals surface area (Å²) in [6.07, 6.45) is 0. The second-order valence-corrected chi connectivity index (χ2v) is 5.15. The van der Waals surface area contributed by atoms with Crippen LogP contribution in [0, 0.1) is 5.82 Å². The van der Waals surface area contributed by atoms with E-state index in [4.69, 9.17) is 4.74 Å². The van der Waals surface area contributed by atoms with Gasteiger partial charge < -0.3 is 4.74 Å². The zero-order valence-corrected chi connectivity index (χ0v) is 9.92. The largest absolute Gasteiger partial charge is 0.383 e. The van der Waals surface area contributed by atoms with Gasteiger partial charge in [-0.1, -0.05) is 0 Å². The number of sulfonamides is 1. The van der Waals surface area contributed by atoms with Crippen LogP contribution in [0.2, 0.25) is 0 Å². The molecule has 16 heavy (non-hydrogen) atoms. The van der Waals surface area contributed by atoms with Crippen molar-refractivity contribution < 1.29 is 17.5 Å². The molecule has 0 radical (unpaired) electrons. The maximum atomic E-state index is 12.6. The summed E-state index contributed by atoms with van der Waals surface area (Å²) in [4.78, 5) is 0.0388. The number of hydrogen-bond acceptors (Lipinski definition) is 3. The number of ether oxygens (including phenoxy) is 1. The summed E-state index contributed by atoms with van der Waals surface area (Å²) in [5.41, 5.74) is 0. The topological polar surface area (TPSA) is 55.4 Å². The van der Waals surface area contributed by atoms with Crippen molar-refractivity contribution in [3.05, 3.63) is 30.1 Å². The Morgan fingerprint density at radius 2 is 1.94 bits per heavy atom. The molecule has 0 aromatic heterocycles. The van der Waals surface area contributed by atoms with E-state index >= 15 is 0 Å². The van der Waals surface area contributed by atoms with E-state index in [1.807, 2.05) is 0 Å². The standard InChI is InChI=1S/C10H14FNO3S/c1-8(7-15-2)12-16(13,14)10-5-3-9(11)4-6-10/h3-6,8,12H,7H2,1-2H3. The number of hydrogen-bond donors (Lipinski definition) is 1. The SMILES string of the molecule is COCC(C)NS(=O)(=O)c1ccc(F)cc1. The molecule has 0 bridgehead atoms. The van der Waals surface area contributed by atoms with Gasteiger partial charge in [-0.15, -0.1) is 0 Å². The van der Waals surface area contributed by atoms with Gasteiger partial charge in [0, 0.05) is 13.2 Å². The van der Waals surface area contributed by atoms with E-state index in [1.165, 1.54) is 19.2 Å². The number of benzene rings is 1. The van der Waals surface area contributed by atoms with E-state index in [-0.39, 0.29) is 17.5 Å². The fourth-order valence-electron chi connectivity index (χ4n) is 1.23. The van der Waals surface area contributed by atoms with Gasteiger partial charge in [-0.05, 0) is 31.2 Å². The minimum atomic E-state index is -3.60. The molecule has 0 spiro atoms. The first-order chi connectivity index (χ1) is 7.45. The van der Waals surface area contributed by atoms with Gasteiger partial charge in [-0.2, -0.15) is 0 Å². The lowest BCUT2D eigenvalue weighted by molar-refractivity contribution is 0.180. The van der Waals surface area contributed by atoms with E-state index < -0.39 is 15.8 Å². The monoisotopic (exact) mass is 247 g/mol. The summed E-state index contributed by atoms with van der Waals surface area (Å²) in [6.45, 7) is 1.96. The molecule has 0 saturated heterocycles. The molecule has 1 atom stereocenters. The van der Waals surface area contributed by atoms with Gasteiger partial charge in [0.25, 0.3) is 0 Å². The lowest BCUT2D eigenvalue weighted by atomic mass is 10.4. The molecule has 0 aliphatic heterocycles. The zero-order valence-electron chi connectivity index (χ0n) is 9.10. The first kappa shape index (κ1) is 13.1. The van der Waals surface area contributed by atoms with Crippen molar-refractivity contribution in [2.75, 3.05) is 13.7 Å². The third kappa shape index (κ3) is 3.55. The quantitative estimate of drug-likeness (QED) is 0.849. The van der Waals surface area contributed by atoms with Crippen molar-refractivity contribution >= 4 is 10.0 Å². The van der Waals surface area contributed by atoms with Crippen LogP contribution in [-0.2, 0) is 14.8 Å². The molecule has 0 aliphatic rings. The van der Waals surface area contributed by atoms with Crippen molar-refractivity contribution in [2.24, 2.45) is 0 Å². The zero-order chi connectivity index (χ0) is 12.2. The minimum Gasteiger partial charge on any atom is -0.383 e. The Morgan fingerprint density at radius 3 is 2.44 bits per heavy atom. The lowest BCUT2D eigenvalue weighted by Crippen LogP contribution is -2.35.